The number of benzene rings is 3. The van der Waals surface area contributed by atoms with Gasteiger partial charge in [0.15, 0.2) is 11.2 Å². The second kappa shape index (κ2) is 12.0. The highest BCUT2D eigenvalue weighted by molar-refractivity contribution is 6.14. The van der Waals surface area contributed by atoms with E-state index >= 15 is 0 Å². The molecule has 1 fully saturated rings. The number of para-hydroxylation sites is 1. The van der Waals surface area contributed by atoms with Crippen LogP contribution in [0, 0.1) is 34.0 Å². The third-order valence-corrected chi connectivity index (χ3v) is 8.87. The first kappa shape index (κ1) is 29.9. The maximum absolute atomic E-state index is 14.8. The first-order valence-electron chi connectivity index (χ1n) is 14.3. The van der Waals surface area contributed by atoms with Crippen molar-refractivity contribution in [3.05, 3.63) is 126 Å². The Labute approximate surface area is 257 Å². The normalized spacial score (nSPS) is 21.8. The third-order valence-electron chi connectivity index (χ3n) is 8.87. The molecular formula is C37H31N3O4. The van der Waals surface area contributed by atoms with E-state index in [1.165, 1.54) is 11.0 Å². The summed E-state index contributed by atoms with van der Waals surface area (Å²) in [5.74, 6) is -2.65. The SMILES string of the molecule is C=CCN1C(=O)[C@@]2(c3ccccc31)[C@@H](CC(=C)C(=O)/C=C/c1ccc(OC)cc1)C(=O)C[C@H](c1ccccc1)C2(C#N)C#N. The van der Waals surface area contributed by atoms with E-state index in [2.05, 4.69) is 25.3 Å². The Balaban J connectivity index is 1.65. The smallest absolute Gasteiger partial charge is 0.241 e. The molecule has 5 rings (SSSR count). The predicted molar refractivity (Wildman–Crippen MR) is 167 cm³/mol. The third kappa shape index (κ3) is 4.55. The van der Waals surface area contributed by atoms with Crippen molar-refractivity contribution in [2.45, 2.75) is 24.2 Å². The van der Waals surface area contributed by atoms with Crippen molar-refractivity contribution in [1.82, 2.24) is 0 Å². The highest BCUT2D eigenvalue weighted by Gasteiger charge is 2.74. The number of nitrogens with zero attached hydrogens (tertiary/aromatic N) is 3. The van der Waals surface area contributed by atoms with Crippen molar-refractivity contribution in [3.63, 3.8) is 0 Å². The number of hydrogen-bond donors (Lipinski definition) is 0. The molecule has 3 atom stereocenters. The zero-order chi connectivity index (χ0) is 31.5. The van der Waals surface area contributed by atoms with Crippen molar-refractivity contribution in [1.29, 1.82) is 10.5 Å². The molecule has 7 heteroatoms. The first-order valence-corrected chi connectivity index (χ1v) is 14.3. The lowest BCUT2D eigenvalue weighted by molar-refractivity contribution is -0.142. The number of methoxy groups -OCH3 is 1. The van der Waals surface area contributed by atoms with E-state index in [4.69, 9.17) is 4.74 Å². The number of rotatable bonds is 9. The van der Waals surface area contributed by atoms with Gasteiger partial charge in [-0.05, 0) is 53.0 Å². The van der Waals surface area contributed by atoms with E-state index < -0.39 is 34.4 Å². The summed E-state index contributed by atoms with van der Waals surface area (Å²) in [6.45, 7) is 7.93. The molecule has 218 valence electrons. The maximum Gasteiger partial charge on any atom is 0.241 e. The fourth-order valence-corrected chi connectivity index (χ4v) is 6.82. The van der Waals surface area contributed by atoms with Gasteiger partial charge in [-0.2, -0.15) is 10.5 Å². The van der Waals surface area contributed by atoms with E-state index in [-0.39, 0.29) is 30.7 Å². The monoisotopic (exact) mass is 581 g/mol. The average molecular weight is 582 g/mol. The van der Waals surface area contributed by atoms with Crippen molar-refractivity contribution in [2.24, 2.45) is 11.3 Å². The molecule has 1 spiro atoms. The van der Waals surface area contributed by atoms with Crippen LogP contribution in [-0.2, 0) is 19.8 Å². The minimum atomic E-state index is -1.97. The second-order valence-corrected chi connectivity index (χ2v) is 11.0. The Morgan fingerprint density at radius 1 is 1.02 bits per heavy atom. The largest absolute Gasteiger partial charge is 0.497 e. The fourth-order valence-electron chi connectivity index (χ4n) is 6.82. The Morgan fingerprint density at radius 2 is 1.68 bits per heavy atom. The molecule has 0 aromatic heterocycles. The molecule has 1 amide bonds. The van der Waals surface area contributed by atoms with Gasteiger partial charge >= 0.3 is 0 Å². The molecule has 0 radical (unpaired) electrons. The second-order valence-electron chi connectivity index (χ2n) is 11.0. The lowest BCUT2D eigenvalue weighted by Gasteiger charge is -2.51. The Hall–Kier alpha value is -5.53. The van der Waals surface area contributed by atoms with Gasteiger partial charge in [-0.15, -0.1) is 6.58 Å². The zero-order valence-electron chi connectivity index (χ0n) is 24.4. The van der Waals surface area contributed by atoms with Crippen LogP contribution in [0.3, 0.4) is 0 Å². The van der Waals surface area contributed by atoms with Crippen molar-refractivity contribution < 1.29 is 19.1 Å². The van der Waals surface area contributed by atoms with E-state index in [1.54, 1.807) is 92.1 Å². The predicted octanol–water partition coefficient (Wildman–Crippen LogP) is 6.10. The number of allylic oxidation sites excluding steroid dienone is 2. The first-order chi connectivity index (χ1) is 21.3. The summed E-state index contributed by atoms with van der Waals surface area (Å²) in [6.07, 6.45) is 4.23. The van der Waals surface area contributed by atoms with Crippen LogP contribution < -0.4 is 9.64 Å². The molecule has 7 nitrogen and oxygen atoms in total. The van der Waals surface area contributed by atoms with Crippen molar-refractivity contribution in [3.8, 4) is 17.9 Å². The molecule has 44 heavy (non-hydrogen) atoms. The number of fused-ring (bicyclic) bond motifs is 2. The van der Waals surface area contributed by atoms with Gasteiger partial charge in [0.2, 0.25) is 5.91 Å². The zero-order valence-corrected chi connectivity index (χ0v) is 24.4. The number of anilines is 1. The summed E-state index contributed by atoms with van der Waals surface area (Å²) in [7, 11) is 1.57. The minimum Gasteiger partial charge on any atom is -0.497 e. The van der Waals surface area contributed by atoms with Gasteiger partial charge in [0.05, 0.1) is 19.2 Å². The maximum atomic E-state index is 14.8. The molecular weight excluding hydrogens is 550 g/mol. The Bertz CT molecular complexity index is 1750. The van der Waals surface area contributed by atoms with Crippen LogP contribution >= 0.6 is 0 Å². The number of amides is 1. The summed E-state index contributed by atoms with van der Waals surface area (Å²) >= 11 is 0. The number of Topliss-reactive ketones (excluding diaryl/α,β-unsaturated/α-hetero) is 1. The molecule has 1 heterocycles. The lowest BCUT2D eigenvalue weighted by Crippen LogP contribution is -2.63. The average Bonchev–Trinajstić information content (AvgIpc) is 3.30. The van der Waals surface area contributed by atoms with Crippen LogP contribution in [0.1, 0.15) is 35.4 Å². The van der Waals surface area contributed by atoms with Gasteiger partial charge in [-0.3, -0.25) is 14.4 Å². The standard InChI is InChI=1S/C37H31N3O4/c1-4-20-40-32-13-9-8-12-29(32)37(35(40)43)31(21-25(2)33(41)19-16-26-14-17-28(44-3)18-15-26)34(42)22-30(36(37,23-38)24-39)27-10-6-5-7-11-27/h4-19,30-31H,1-2,20-22H2,3H3/b19-16+/t30-,31+,37-/m1/s1. The van der Waals surface area contributed by atoms with Crippen LogP contribution in [0.5, 0.6) is 5.75 Å². The number of hydrogen-bond acceptors (Lipinski definition) is 6. The molecule has 1 saturated carbocycles. The molecule has 3 aromatic carbocycles. The van der Waals surface area contributed by atoms with Crippen LogP contribution in [0.25, 0.3) is 6.08 Å². The van der Waals surface area contributed by atoms with E-state index in [1.807, 2.05) is 6.07 Å². The van der Waals surface area contributed by atoms with Gasteiger partial charge < -0.3 is 9.64 Å². The van der Waals surface area contributed by atoms with Gasteiger partial charge in [0, 0.05) is 30.5 Å². The van der Waals surface area contributed by atoms with Crippen LogP contribution in [0.4, 0.5) is 5.69 Å². The molecule has 0 N–H and O–H groups in total. The van der Waals surface area contributed by atoms with Gasteiger partial charge in [-0.1, -0.05) is 79.4 Å². The summed E-state index contributed by atoms with van der Waals surface area (Å²) in [5.41, 5.74) is -1.46. The molecule has 0 saturated heterocycles. The molecule has 1 aliphatic carbocycles. The molecule has 1 aliphatic heterocycles. The molecule has 2 aliphatic rings. The quantitative estimate of drug-likeness (QED) is 0.223. The number of carbonyl (C=O) groups excluding carboxylic acids is 3. The number of carbonyl (C=O) groups is 3. The van der Waals surface area contributed by atoms with E-state index in [9.17, 15) is 24.9 Å². The fraction of sp³-hybridized carbons (Fsp3) is 0.216. The molecule has 0 unspecified atom stereocenters. The molecule has 3 aromatic rings. The summed E-state index contributed by atoms with van der Waals surface area (Å²) in [6, 6.07) is 27.5. The van der Waals surface area contributed by atoms with Crippen LogP contribution in [0.15, 0.2) is 110 Å². The summed E-state index contributed by atoms with van der Waals surface area (Å²) in [5, 5.41) is 21.9. The van der Waals surface area contributed by atoms with E-state index in [0.717, 1.165) is 5.56 Å². The topological polar surface area (TPSA) is 111 Å². The van der Waals surface area contributed by atoms with E-state index in [0.29, 0.717) is 22.6 Å². The number of ketones is 2. The number of nitriles is 2. The van der Waals surface area contributed by atoms with Gasteiger partial charge in [0.25, 0.3) is 0 Å². The van der Waals surface area contributed by atoms with Gasteiger partial charge in [-0.25, -0.2) is 0 Å². The minimum absolute atomic E-state index is 0.0999. The highest BCUT2D eigenvalue weighted by atomic mass is 16.5. The van der Waals surface area contributed by atoms with Gasteiger partial charge in [0.1, 0.15) is 16.9 Å². The van der Waals surface area contributed by atoms with Crippen LogP contribution in [0.2, 0.25) is 0 Å². The Kier molecular flexibility index (Phi) is 8.16. The summed E-state index contributed by atoms with van der Waals surface area (Å²) in [4.78, 5) is 43.9. The number of ether oxygens (including phenoxy) is 1. The highest BCUT2D eigenvalue weighted by Crippen LogP contribution is 2.65. The molecule has 0 bridgehead atoms. The summed E-state index contributed by atoms with van der Waals surface area (Å²) < 4.78 is 5.18. The van der Waals surface area contributed by atoms with Crippen molar-refractivity contribution >= 4 is 29.2 Å². The van der Waals surface area contributed by atoms with Crippen molar-refractivity contribution in [2.75, 3.05) is 18.6 Å². The lowest BCUT2D eigenvalue weighted by atomic mass is 9.44. The van der Waals surface area contributed by atoms with Crippen LogP contribution in [-0.4, -0.2) is 31.1 Å². The Morgan fingerprint density at radius 3 is 2.32 bits per heavy atom.